The number of ether oxygens (including phenoxy) is 1. The average molecular weight is 273 g/mol. The van der Waals surface area contributed by atoms with Crippen LogP contribution in [0, 0.1) is 12.3 Å². The third-order valence-corrected chi connectivity index (χ3v) is 3.31. The van der Waals surface area contributed by atoms with Gasteiger partial charge in [0.2, 0.25) is 0 Å². The Hall–Kier alpha value is -1.46. The molecule has 2 nitrogen and oxygen atoms in total. The van der Waals surface area contributed by atoms with Crippen molar-refractivity contribution in [1.82, 2.24) is 5.32 Å². The van der Waals surface area contributed by atoms with Gasteiger partial charge in [0, 0.05) is 12.1 Å². The van der Waals surface area contributed by atoms with E-state index >= 15 is 0 Å². The Bertz CT molecular complexity index is 395. The topological polar surface area (TPSA) is 21.3 Å². The molecular weight excluding hydrogens is 246 g/mol. The molecule has 0 heterocycles. The predicted molar refractivity (Wildman–Crippen MR) is 85.9 cm³/mol. The minimum Gasteiger partial charge on any atom is -0.481 e. The lowest BCUT2D eigenvalue weighted by Gasteiger charge is -2.10. The van der Waals surface area contributed by atoms with Gasteiger partial charge in [0.1, 0.15) is 12.4 Å². The fourth-order valence-electron chi connectivity index (χ4n) is 2.16. The molecule has 1 N–H and O–H groups in total. The van der Waals surface area contributed by atoms with Crippen LogP contribution in [0.1, 0.15) is 51.0 Å². The highest BCUT2D eigenvalue weighted by molar-refractivity contribution is 5.33. The average Bonchev–Trinajstić information content (AvgIpc) is 2.49. The van der Waals surface area contributed by atoms with Crippen LogP contribution in [-0.4, -0.2) is 13.2 Å². The number of terminal acetylenes is 1. The molecule has 0 unspecified atom stereocenters. The zero-order chi connectivity index (χ0) is 14.5. The number of hydrogen-bond acceptors (Lipinski definition) is 2. The quantitative estimate of drug-likeness (QED) is 0.483. The van der Waals surface area contributed by atoms with E-state index in [2.05, 4.69) is 24.2 Å². The molecule has 2 heteroatoms. The Morgan fingerprint density at radius 3 is 2.65 bits per heavy atom. The minimum atomic E-state index is 0.328. The van der Waals surface area contributed by atoms with Crippen LogP contribution in [0.2, 0.25) is 0 Å². The van der Waals surface area contributed by atoms with Crippen LogP contribution in [0.5, 0.6) is 5.75 Å². The van der Waals surface area contributed by atoms with Crippen molar-refractivity contribution in [2.24, 2.45) is 0 Å². The Kier molecular flexibility index (Phi) is 9.44. The summed E-state index contributed by atoms with van der Waals surface area (Å²) < 4.78 is 5.53. The largest absolute Gasteiger partial charge is 0.481 e. The van der Waals surface area contributed by atoms with Crippen molar-refractivity contribution < 1.29 is 4.74 Å². The highest BCUT2D eigenvalue weighted by atomic mass is 16.5. The van der Waals surface area contributed by atoms with Gasteiger partial charge >= 0.3 is 0 Å². The summed E-state index contributed by atoms with van der Waals surface area (Å²) in [6, 6.07) is 8.06. The van der Waals surface area contributed by atoms with Crippen LogP contribution in [0.4, 0.5) is 0 Å². The van der Waals surface area contributed by atoms with Crippen LogP contribution in [0.15, 0.2) is 24.3 Å². The second-order valence-electron chi connectivity index (χ2n) is 5.05. The molecule has 0 bridgehead atoms. The van der Waals surface area contributed by atoms with Gasteiger partial charge in [-0.05, 0) is 19.0 Å². The Balaban J connectivity index is 2.17. The van der Waals surface area contributed by atoms with E-state index in [1.807, 2.05) is 18.2 Å². The summed E-state index contributed by atoms with van der Waals surface area (Å²) in [7, 11) is 0. The zero-order valence-corrected chi connectivity index (χ0v) is 12.7. The fourth-order valence-corrected chi connectivity index (χ4v) is 2.16. The molecule has 110 valence electrons. The number of para-hydroxylation sites is 1. The maximum atomic E-state index is 5.53. The van der Waals surface area contributed by atoms with Gasteiger partial charge in [0.05, 0.1) is 0 Å². The molecule has 1 aromatic carbocycles. The summed E-state index contributed by atoms with van der Waals surface area (Å²) in [6.45, 7) is 4.49. The van der Waals surface area contributed by atoms with Crippen molar-refractivity contribution >= 4 is 0 Å². The second kappa shape index (κ2) is 11.4. The first kappa shape index (κ1) is 16.6. The first-order chi connectivity index (χ1) is 9.88. The molecule has 0 saturated heterocycles. The van der Waals surface area contributed by atoms with Gasteiger partial charge in [-0.15, -0.1) is 6.42 Å². The Morgan fingerprint density at radius 1 is 1.10 bits per heavy atom. The van der Waals surface area contributed by atoms with E-state index in [0.717, 1.165) is 18.8 Å². The van der Waals surface area contributed by atoms with Crippen LogP contribution >= 0.6 is 0 Å². The predicted octanol–water partition coefficient (Wildman–Crippen LogP) is 4.15. The highest BCUT2D eigenvalue weighted by Crippen LogP contribution is 2.17. The van der Waals surface area contributed by atoms with Gasteiger partial charge in [0.25, 0.3) is 0 Å². The number of unbranched alkanes of at least 4 members (excludes halogenated alkanes) is 5. The molecule has 20 heavy (non-hydrogen) atoms. The number of benzene rings is 1. The lowest BCUT2D eigenvalue weighted by molar-refractivity contribution is 0.364. The van der Waals surface area contributed by atoms with Crippen molar-refractivity contribution in [2.45, 2.75) is 52.0 Å². The molecule has 1 aromatic rings. The van der Waals surface area contributed by atoms with Crippen molar-refractivity contribution in [3.05, 3.63) is 29.8 Å². The van der Waals surface area contributed by atoms with Gasteiger partial charge in [-0.25, -0.2) is 0 Å². The molecule has 0 spiro atoms. The van der Waals surface area contributed by atoms with Crippen molar-refractivity contribution in [2.75, 3.05) is 13.2 Å². The molecule has 0 aliphatic heterocycles. The minimum absolute atomic E-state index is 0.328. The molecular formula is C18H27NO. The van der Waals surface area contributed by atoms with Crippen LogP contribution < -0.4 is 10.1 Å². The molecule has 0 atom stereocenters. The normalized spacial score (nSPS) is 10.2. The molecule has 0 saturated carbocycles. The summed E-state index contributed by atoms with van der Waals surface area (Å²) in [6.07, 6.45) is 13.2. The van der Waals surface area contributed by atoms with E-state index in [9.17, 15) is 0 Å². The lowest BCUT2D eigenvalue weighted by atomic mass is 10.1. The van der Waals surface area contributed by atoms with Crippen LogP contribution in [0.25, 0.3) is 0 Å². The zero-order valence-electron chi connectivity index (χ0n) is 12.7. The monoisotopic (exact) mass is 273 g/mol. The van der Waals surface area contributed by atoms with Crippen molar-refractivity contribution in [3.63, 3.8) is 0 Å². The summed E-state index contributed by atoms with van der Waals surface area (Å²) >= 11 is 0. The molecule has 0 aromatic heterocycles. The van der Waals surface area contributed by atoms with Gasteiger partial charge in [-0.1, -0.05) is 63.1 Å². The van der Waals surface area contributed by atoms with Gasteiger partial charge < -0.3 is 10.1 Å². The lowest BCUT2D eigenvalue weighted by Crippen LogP contribution is -2.15. The molecule has 0 radical (unpaired) electrons. The third kappa shape index (κ3) is 7.21. The summed E-state index contributed by atoms with van der Waals surface area (Å²) in [5, 5.41) is 3.48. The van der Waals surface area contributed by atoms with Gasteiger partial charge in [-0.3, -0.25) is 0 Å². The number of nitrogens with one attached hydrogen (secondary N) is 1. The van der Waals surface area contributed by atoms with E-state index in [4.69, 9.17) is 11.2 Å². The summed E-state index contributed by atoms with van der Waals surface area (Å²) in [5.74, 6) is 3.39. The Morgan fingerprint density at radius 2 is 1.85 bits per heavy atom. The van der Waals surface area contributed by atoms with E-state index < -0.39 is 0 Å². The smallest absolute Gasteiger partial charge is 0.148 e. The second-order valence-corrected chi connectivity index (χ2v) is 5.05. The third-order valence-electron chi connectivity index (χ3n) is 3.31. The SMILES string of the molecule is C#CCOc1ccccc1CNCCCCCCCC. The molecule has 0 aliphatic carbocycles. The molecule has 0 aliphatic rings. The fraction of sp³-hybridized carbons (Fsp3) is 0.556. The van der Waals surface area contributed by atoms with Crippen LogP contribution in [-0.2, 0) is 6.54 Å². The maximum absolute atomic E-state index is 5.53. The van der Waals surface area contributed by atoms with E-state index in [-0.39, 0.29) is 0 Å². The van der Waals surface area contributed by atoms with E-state index in [1.54, 1.807) is 0 Å². The summed E-state index contributed by atoms with van der Waals surface area (Å²) in [5.41, 5.74) is 1.17. The van der Waals surface area contributed by atoms with Gasteiger partial charge in [0.15, 0.2) is 0 Å². The first-order valence-corrected chi connectivity index (χ1v) is 7.73. The number of hydrogen-bond donors (Lipinski definition) is 1. The summed E-state index contributed by atoms with van der Waals surface area (Å²) in [4.78, 5) is 0. The standard InChI is InChI=1S/C18H27NO/c1-3-5-6-7-8-11-14-19-16-17-12-9-10-13-18(17)20-15-4-2/h2,9-10,12-13,19H,3,5-8,11,14-16H2,1H3. The Labute approximate surface area is 123 Å². The van der Waals surface area contributed by atoms with Crippen molar-refractivity contribution in [3.8, 4) is 18.1 Å². The van der Waals surface area contributed by atoms with E-state index in [1.165, 1.54) is 44.1 Å². The molecule has 0 amide bonds. The van der Waals surface area contributed by atoms with E-state index in [0.29, 0.717) is 6.61 Å². The van der Waals surface area contributed by atoms with Crippen molar-refractivity contribution in [1.29, 1.82) is 0 Å². The van der Waals surface area contributed by atoms with Crippen LogP contribution in [0.3, 0.4) is 0 Å². The number of rotatable bonds is 11. The molecule has 1 rings (SSSR count). The first-order valence-electron chi connectivity index (χ1n) is 7.73. The highest BCUT2D eigenvalue weighted by Gasteiger charge is 2.01. The van der Waals surface area contributed by atoms with Gasteiger partial charge in [-0.2, -0.15) is 0 Å². The maximum Gasteiger partial charge on any atom is 0.148 e. The molecule has 0 fully saturated rings.